The molecule has 0 fully saturated rings. The Morgan fingerprint density at radius 2 is 1.86 bits per heavy atom. The molecule has 5 nitrogen and oxygen atoms in total. The van der Waals surface area contributed by atoms with Crippen molar-refractivity contribution in [2.45, 2.75) is 31.6 Å². The molecule has 1 aliphatic carbocycles. The Labute approximate surface area is 178 Å². The van der Waals surface area contributed by atoms with Crippen LogP contribution in [0.4, 0.5) is 5.69 Å². The van der Waals surface area contributed by atoms with Gasteiger partial charge in [0.1, 0.15) is 0 Å². The molecule has 0 radical (unpaired) electrons. The van der Waals surface area contributed by atoms with Crippen LogP contribution in [0.5, 0.6) is 11.5 Å². The molecule has 1 unspecified atom stereocenters. The molecule has 4 rings (SSSR count). The smallest absolute Gasteiger partial charge is 0.232 e. The van der Waals surface area contributed by atoms with Gasteiger partial charge in [-0.2, -0.15) is 0 Å². The van der Waals surface area contributed by atoms with Crippen molar-refractivity contribution in [3.8, 4) is 11.5 Å². The summed E-state index contributed by atoms with van der Waals surface area (Å²) < 4.78 is 5.21. The number of benzene rings is 2. The number of allylic oxidation sites excluding steroid dienone is 2. The van der Waals surface area contributed by atoms with Crippen molar-refractivity contribution in [2.75, 3.05) is 12.0 Å². The number of phenols is 1. The first-order valence-corrected chi connectivity index (χ1v) is 10.1. The van der Waals surface area contributed by atoms with E-state index in [4.69, 9.17) is 27.9 Å². The van der Waals surface area contributed by atoms with Crippen molar-refractivity contribution in [1.82, 2.24) is 0 Å². The van der Waals surface area contributed by atoms with E-state index < -0.39 is 0 Å². The average Bonchev–Trinajstić information content (AvgIpc) is 2.70. The predicted molar refractivity (Wildman–Crippen MR) is 112 cm³/mol. The first-order valence-electron chi connectivity index (χ1n) is 9.32. The summed E-state index contributed by atoms with van der Waals surface area (Å²) in [5.74, 6) is -0.124. The van der Waals surface area contributed by atoms with Crippen LogP contribution in [0, 0.1) is 0 Å². The van der Waals surface area contributed by atoms with Gasteiger partial charge in [-0.3, -0.25) is 14.5 Å². The molecular weight excluding hydrogens is 413 g/mol. The van der Waals surface area contributed by atoms with E-state index >= 15 is 0 Å². The summed E-state index contributed by atoms with van der Waals surface area (Å²) >= 11 is 12.2. The number of hydrogen-bond donors (Lipinski definition) is 1. The van der Waals surface area contributed by atoms with E-state index in [9.17, 15) is 14.7 Å². The van der Waals surface area contributed by atoms with E-state index in [0.717, 1.165) is 5.56 Å². The quantitative estimate of drug-likeness (QED) is 0.721. The number of carbonyl (C=O) groups is 2. The Hall–Kier alpha value is -2.50. The minimum atomic E-state index is -0.376. The summed E-state index contributed by atoms with van der Waals surface area (Å²) in [7, 11) is 1.47. The molecule has 29 heavy (non-hydrogen) atoms. The van der Waals surface area contributed by atoms with E-state index in [2.05, 4.69) is 0 Å². The lowest BCUT2D eigenvalue weighted by Gasteiger charge is -2.38. The summed E-state index contributed by atoms with van der Waals surface area (Å²) in [5, 5.41) is 10.7. The summed E-state index contributed by atoms with van der Waals surface area (Å²) in [6.07, 6.45) is 1.90. The fourth-order valence-corrected chi connectivity index (χ4v) is 4.40. The number of ether oxygens (including phenoxy) is 1. The highest BCUT2D eigenvalue weighted by Gasteiger charge is 2.40. The third kappa shape index (κ3) is 3.49. The maximum atomic E-state index is 13.2. The van der Waals surface area contributed by atoms with Crippen LogP contribution in [0.15, 0.2) is 47.7 Å². The van der Waals surface area contributed by atoms with Crippen molar-refractivity contribution >= 4 is 40.6 Å². The van der Waals surface area contributed by atoms with E-state index in [1.54, 1.807) is 35.2 Å². The lowest BCUT2D eigenvalue weighted by molar-refractivity contribution is -0.119. The number of methoxy groups -OCH3 is 1. The largest absolute Gasteiger partial charge is 0.504 e. The number of carbonyl (C=O) groups excluding carboxylic acids is 2. The van der Waals surface area contributed by atoms with Gasteiger partial charge in [-0.25, -0.2) is 0 Å². The Morgan fingerprint density at radius 3 is 2.59 bits per heavy atom. The van der Waals surface area contributed by atoms with Gasteiger partial charge in [0.25, 0.3) is 0 Å². The topological polar surface area (TPSA) is 66.8 Å². The van der Waals surface area contributed by atoms with Crippen LogP contribution in [-0.2, 0) is 9.59 Å². The molecule has 2 aliphatic rings. The SMILES string of the molecule is COc1cc(C2CC(=O)N(c3ccc(Cl)c(Cl)c3)C3=C2C(=O)CCC3)ccc1O. The van der Waals surface area contributed by atoms with Gasteiger partial charge in [-0.1, -0.05) is 29.3 Å². The third-order valence-corrected chi connectivity index (χ3v) is 6.18. The second-order valence-corrected chi connectivity index (χ2v) is 7.97. The lowest BCUT2D eigenvalue weighted by atomic mass is 9.77. The molecule has 0 saturated heterocycles. The lowest BCUT2D eigenvalue weighted by Crippen LogP contribution is -2.40. The molecule has 2 aromatic carbocycles. The first-order chi connectivity index (χ1) is 13.9. The van der Waals surface area contributed by atoms with Crippen LogP contribution in [0.1, 0.15) is 37.2 Å². The molecule has 1 aliphatic heterocycles. The molecule has 1 amide bonds. The van der Waals surface area contributed by atoms with E-state index in [0.29, 0.717) is 52.0 Å². The molecule has 0 bridgehead atoms. The van der Waals surface area contributed by atoms with Gasteiger partial charge in [0.2, 0.25) is 5.91 Å². The molecular formula is C22H19Cl2NO4. The van der Waals surface area contributed by atoms with Crippen molar-refractivity contribution < 1.29 is 19.4 Å². The van der Waals surface area contributed by atoms with Crippen LogP contribution in [0.2, 0.25) is 10.0 Å². The number of amides is 1. The van der Waals surface area contributed by atoms with Gasteiger partial charge >= 0.3 is 0 Å². The monoisotopic (exact) mass is 431 g/mol. The van der Waals surface area contributed by atoms with Gasteiger partial charge in [0, 0.05) is 30.0 Å². The molecule has 0 aromatic heterocycles. The zero-order valence-electron chi connectivity index (χ0n) is 15.7. The Morgan fingerprint density at radius 1 is 1.07 bits per heavy atom. The number of phenolic OH excluding ortho intramolecular Hbond substituents is 1. The molecule has 0 spiro atoms. The maximum Gasteiger partial charge on any atom is 0.232 e. The molecule has 1 heterocycles. The summed E-state index contributed by atoms with van der Waals surface area (Å²) in [4.78, 5) is 27.7. The van der Waals surface area contributed by atoms with Crippen molar-refractivity contribution in [2.24, 2.45) is 0 Å². The number of halogens is 2. The second kappa shape index (κ2) is 7.73. The highest BCUT2D eigenvalue weighted by atomic mass is 35.5. The second-order valence-electron chi connectivity index (χ2n) is 7.15. The predicted octanol–water partition coefficient (Wildman–Crippen LogP) is 5.24. The molecule has 1 atom stereocenters. The minimum Gasteiger partial charge on any atom is -0.504 e. The molecule has 150 valence electrons. The molecule has 2 aromatic rings. The van der Waals surface area contributed by atoms with Gasteiger partial charge < -0.3 is 9.84 Å². The fourth-order valence-electron chi connectivity index (χ4n) is 4.11. The number of anilines is 1. The molecule has 7 heteroatoms. The zero-order chi connectivity index (χ0) is 20.7. The summed E-state index contributed by atoms with van der Waals surface area (Å²) in [6, 6.07) is 9.98. The van der Waals surface area contributed by atoms with Crippen molar-refractivity contribution in [1.29, 1.82) is 0 Å². The van der Waals surface area contributed by atoms with E-state index in [1.165, 1.54) is 13.2 Å². The maximum absolute atomic E-state index is 13.2. The van der Waals surface area contributed by atoms with Gasteiger partial charge in [0.05, 0.1) is 22.8 Å². The van der Waals surface area contributed by atoms with E-state index in [-0.39, 0.29) is 29.8 Å². The van der Waals surface area contributed by atoms with Crippen LogP contribution in [-0.4, -0.2) is 23.9 Å². The van der Waals surface area contributed by atoms with E-state index in [1.807, 2.05) is 0 Å². The highest BCUT2D eigenvalue weighted by Crippen LogP contribution is 2.45. The molecule has 0 saturated carbocycles. The summed E-state index contributed by atoms with van der Waals surface area (Å²) in [5.41, 5.74) is 2.74. The van der Waals surface area contributed by atoms with Gasteiger partial charge in [-0.05, 0) is 48.7 Å². The molecule has 1 N–H and O–H groups in total. The van der Waals surface area contributed by atoms with Crippen molar-refractivity contribution in [3.05, 3.63) is 63.3 Å². The van der Waals surface area contributed by atoms with Crippen LogP contribution >= 0.6 is 23.2 Å². The number of ketones is 1. The number of nitrogens with zero attached hydrogens (tertiary/aromatic N) is 1. The first kappa shape index (κ1) is 19.8. The van der Waals surface area contributed by atoms with Crippen LogP contribution in [0.3, 0.4) is 0 Å². The number of Topliss-reactive ketones (excluding diaryl/α,β-unsaturated/α-hetero) is 1. The minimum absolute atomic E-state index is 0.0139. The number of rotatable bonds is 3. The Bertz CT molecular complexity index is 1050. The number of aromatic hydroxyl groups is 1. The highest BCUT2D eigenvalue weighted by molar-refractivity contribution is 6.42. The van der Waals surface area contributed by atoms with Crippen LogP contribution < -0.4 is 9.64 Å². The zero-order valence-corrected chi connectivity index (χ0v) is 17.3. The van der Waals surface area contributed by atoms with Gasteiger partial charge in [-0.15, -0.1) is 0 Å². The summed E-state index contributed by atoms with van der Waals surface area (Å²) in [6.45, 7) is 0. The standard InChI is InChI=1S/C22H19Cl2NO4/c1-29-20-9-12(5-8-18(20)26)14-11-21(28)25(13-6-7-15(23)16(24)10-13)17-3-2-4-19(27)22(14)17/h5-10,14,26H,2-4,11H2,1H3. The normalized spacial score (nSPS) is 19.4. The number of hydrogen-bond acceptors (Lipinski definition) is 4. The Balaban J connectivity index is 1.85. The van der Waals surface area contributed by atoms with Gasteiger partial charge in [0.15, 0.2) is 17.3 Å². The Kier molecular flexibility index (Phi) is 5.28. The van der Waals surface area contributed by atoms with Crippen LogP contribution in [0.25, 0.3) is 0 Å². The third-order valence-electron chi connectivity index (χ3n) is 5.44. The average molecular weight is 432 g/mol. The van der Waals surface area contributed by atoms with Crippen molar-refractivity contribution in [3.63, 3.8) is 0 Å². The fraction of sp³-hybridized carbons (Fsp3) is 0.273.